The van der Waals surface area contributed by atoms with E-state index in [1.165, 1.54) is 0 Å². The van der Waals surface area contributed by atoms with Crippen LogP contribution in [0.4, 0.5) is 0 Å². The second-order valence-corrected chi connectivity index (χ2v) is 7.32. The van der Waals surface area contributed by atoms with Gasteiger partial charge in [0.2, 0.25) is 10.0 Å². The van der Waals surface area contributed by atoms with E-state index in [9.17, 15) is 8.42 Å². The number of amidine groups is 1. The first-order valence-electron chi connectivity index (χ1n) is 5.45. The number of hydrogen-bond donors (Lipinski definition) is 3. The van der Waals surface area contributed by atoms with Crippen LogP contribution in [0.1, 0.15) is 41.0 Å². The topological polar surface area (TPSA) is 105 Å². The lowest BCUT2D eigenvalue weighted by molar-refractivity contribution is 0.310. The molecule has 0 aliphatic carbocycles. The molecule has 4 N–H and O–H groups in total. The Labute approximate surface area is 103 Å². The van der Waals surface area contributed by atoms with E-state index in [4.69, 9.17) is 10.9 Å². The normalized spacial score (nSPS) is 17.8. The van der Waals surface area contributed by atoms with Gasteiger partial charge in [0, 0.05) is 0 Å². The summed E-state index contributed by atoms with van der Waals surface area (Å²) < 4.78 is 26.4. The van der Waals surface area contributed by atoms with Gasteiger partial charge in [-0.05, 0) is 18.8 Å². The minimum Gasteiger partial charge on any atom is -0.409 e. The van der Waals surface area contributed by atoms with E-state index < -0.39 is 15.6 Å². The molecule has 0 rings (SSSR count). The second kappa shape index (κ2) is 5.22. The summed E-state index contributed by atoms with van der Waals surface area (Å²) >= 11 is 0. The number of nitrogens with one attached hydrogen (secondary N) is 1. The Morgan fingerprint density at radius 3 is 2.12 bits per heavy atom. The van der Waals surface area contributed by atoms with Crippen LogP contribution >= 0.6 is 0 Å². The van der Waals surface area contributed by atoms with Gasteiger partial charge >= 0.3 is 0 Å². The average molecular weight is 265 g/mol. The number of nitrogens with two attached hydrogens (primary N) is 1. The Kier molecular flexibility index (Phi) is 4.97. The molecule has 0 aromatic carbocycles. The van der Waals surface area contributed by atoms with Crippen molar-refractivity contribution < 1.29 is 13.6 Å². The molecule has 0 spiro atoms. The quantitative estimate of drug-likeness (QED) is 0.297. The van der Waals surface area contributed by atoms with Crippen LogP contribution in [0.3, 0.4) is 0 Å². The molecule has 0 bridgehead atoms. The molecular formula is C10H23N3O3S. The maximum atomic E-state index is 11.9. The van der Waals surface area contributed by atoms with E-state index >= 15 is 0 Å². The molecule has 0 fully saturated rings. The van der Waals surface area contributed by atoms with Gasteiger partial charge < -0.3 is 10.9 Å². The fourth-order valence-corrected chi connectivity index (χ4v) is 3.51. The van der Waals surface area contributed by atoms with Crippen LogP contribution in [-0.4, -0.2) is 30.8 Å². The third kappa shape index (κ3) is 5.36. The lowest BCUT2D eigenvalue weighted by atomic mass is 10.00. The van der Waals surface area contributed by atoms with Gasteiger partial charge in [0.25, 0.3) is 0 Å². The first-order chi connectivity index (χ1) is 7.46. The largest absolute Gasteiger partial charge is 0.409 e. The van der Waals surface area contributed by atoms with Gasteiger partial charge in [-0.15, -0.1) is 0 Å². The molecule has 1 unspecified atom stereocenters. The zero-order valence-corrected chi connectivity index (χ0v) is 11.9. The lowest BCUT2D eigenvalue weighted by Crippen LogP contribution is -2.56. The summed E-state index contributed by atoms with van der Waals surface area (Å²) in [6.45, 7) is 8.84. The Balaban J connectivity index is 5.05. The first kappa shape index (κ1) is 16.2. The van der Waals surface area contributed by atoms with Crippen LogP contribution in [0.15, 0.2) is 5.16 Å². The summed E-state index contributed by atoms with van der Waals surface area (Å²) in [7, 11) is -3.49. The van der Waals surface area contributed by atoms with Crippen LogP contribution in [0.5, 0.6) is 0 Å². The van der Waals surface area contributed by atoms with Crippen molar-refractivity contribution in [2.45, 2.75) is 46.6 Å². The van der Waals surface area contributed by atoms with Crippen molar-refractivity contribution in [2.75, 3.05) is 5.75 Å². The summed E-state index contributed by atoms with van der Waals surface area (Å²) in [5.74, 6) is -0.161. The molecule has 0 saturated carbocycles. The molecule has 0 radical (unpaired) electrons. The minimum atomic E-state index is -3.49. The predicted octanol–water partition coefficient (Wildman–Crippen LogP) is 0.867. The van der Waals surface area contributed by atoms with Gasteiger partial charge in [0.05, 0.1) is 11.3 Å². The molecule has 17 heavy (non-hydrogen) atoms. The molecule has 7 heteroatoms. The minimum absolute atomic E-state index is 0.0195. The summed E-state index contributed by atoms with van der Waals surface area (Å²) in [5.41, 5.74) is 4.09. The molecular weight excluding hydrogens is 242 g/mol. The van der Waals surface area contributed by atoms with E-state index in [2.05, 4.69) is 9.88 Å². The van der Waals surface area contributed by atoms with Crippen LogP contribution in [0.2, 0.25) is 0 Å². The van der Waals surface area contributed by atoms with Gasteiger partial charge in [-0.25, -0.2) is 13.1 Å². The van der Waals surface area contributed by atoms with Crippen molar-refractivity contribution in [1.29, 1.82) is 0 Å². The van der Waals surface area contributed by atoms with Crippen molar-refractivity contribution in [2.24, 2.45) is 16.3 Å². The monoisotopic (exact) mass is 265 g/mol. The number of oxime groups is 1. The third-order valence-corrected chi connectivity index (χ3v) is 4.39. The fraction of sp³-hybridized carbons (Fsp3) is 0.900. The molecule has 6 nitrogen and oxygen atoms in total. The maximum absolute atomic E-state index is 11.9. The average Bonchev–Trinajstić information content (AvgIpc) is 2.11. The molecule has 0 aromatic rings. The van der Waals surface area contributed by atoms with Crippen LogP contribution in [0, 0.1) is 5.41 Å². The highest BCUT2D eigenvalue weighted by atomic mass is 32.2. The molecule has 0 heterocycles. The van der Waals surface area contributed by atoms with Crippen LogP contribution < -0.4 is 10.5 Å². The van der Waals surface area contributed by atoms with Gasteiger partial charge in [-0.1, -0.05) is 32.9 Å². The van der Waals surface area contributed by atoms with E-state index in [-0.39, 0.29) is 17.0 Å². The van der Waals surface area contributed by atoms with Gasteiger partial charge in [0.1, 0.15) is 0 Å². The third-order valence-electron chi connectivity index (χ3n) is 2.38. The van der Waals surface area contributed by atoms with Crippen molar-refractivity contribution in [3.05, 3.63) is 0 Å². The van der Waals surface area contributed by atoms with Crippen LogP contribution in [0.25, 0.3) is 0 Å². The molecule has 0 aliphatic heterocycles. The second-order valence-electron chi connectivity index (χ2n) is 5.59. The standard InChI is InChI=1S/C10H23N3O3S/c1-6-10(5,8(11)12-14)13-17(15,16)7-9(2,3)4/h13-14H,6-7H2,1-5H3,(H2,11,12). The Morgan fingerprint density at radius 2 is 1.82 bits per heavy atom. The number of nitrogens with zero attached hydrogens (tertiary/aromatic N) is 1. The van der Waals surface area contributed by atoms with Crippen LogP contribution in [-0.2, 0) is 10.0 Å². The summed E-state index contributed by atoms with van der Waals surface area (Å²) in [6, 6.07) is 0. The molecule has 0 aromatic heterocycles. The number of rotatable bonds is 5. The zero-order chi connectivity index (χ0) is 13.9. The van der Waals surface area contributed by atoms with Crippen molar-refractivity contribution >= 4 is 15.9 Å². The molecule has 0 aliphatic rings. The fourth-order valence-electron chi connectivity index (χ4n) is 1.37. The van der Waals surface area contributed by atoms with Crippen molar-refractivity contribution in [1.82, 2.24) is 4.72 Å². The van der Waals surface area contributed by atoms with Gasteiger partial charge in [-0.2, -0.15) is 0 Å². The van der Waals surface area contributed by atoms with E-state index in [1.807, 2.05) is 20.8 Å². The molecule has 102 valence electrons. The Hall–Kier alpha value is -0.820. The van der Waals surface area contributed by atoms with E-state index in [1.54, 1.807) is 13.8 Å². The smallest absolute Gasteiger partial charge is 0.213 e. The first-order valence-corrected chi connectivity index (χ1v) is 7.10. The lowest BCUT2D eigenvalue weighted by Gasteiger charge is -2.29. The van der Waals surface area contributed by atoms with Gasteiger partial charge in [-0.3, -0.25) is 0 Å². The molecule has 0 saturated heterocycles. The zero-order valence-electron chi connectivity index (χ0n) is 11.1. The number of hydrogen-bond acceptors (Lipinski definition) is 4. The Morgan fingerprint density at radius 1 is 1.35 bits per heavy atom. The molecule has 0 amide bonds. The SMILES string of the molecule is CCC(C)(NS(=O)(=O)CC(C)(C)C)C(N)=NO. The summed E-state index contributed by atoms with van der Waals surface area (Å²) in [6.07, 6.45) is 0.395. The predicted molar refractivity (Wildman–Crippen MR) is 68.5 cm³/mol. The van der Waals surface area contributed by atoms with E-state index in [0.29, 0.717) is 6.42 Å². The van der Waals surface area contributed by atoms with E-state index in [0.717, 1.165) is 0 Å². The maximum Gasteiger partial charge on any atom is 0.213 e. The summed E-state index contributed by atoms with van der Waals surface area (Å²) in [5, 5.41) is 11.5. The Bertz CT molecular complexity index is 384. The summed E-state index contributed by atoms with van der Waals surface area (Å²) in [4.78, 5) is 0. The van der Waals surface area contributed by atoms with Gasteiger partial charge in [0.15, 0.2) is 5.84 Å². The highest BCUT2D eigenvalue weighted by Crippen LogP contribution is 2.18. The number of sulfonamides is 1. The highest BCUT2D eigenvalue weighted by molar-refractivity contribution is 7.89. The van der Waals surface area contributed by atoms with Crippen molar-refractivity contribution in [3.8, 4) is 0 Å². The highest BCUT2D eigenvalue weighted by Gasteiger charge is 2.34. The molecule has 1 atom stereocenters. The van der Waals surface area contributed by atoms with Crippen molar-refractivity contribution in [3.63, 3.8) is 0 Å².